The normalized spacial score (nSPS) is 47.7. The number of anilines is 1. The molecule has 0 spiro atoms. The lowest BCUT2D eigenvalue weighted by molar-refractivity contribution is -0.243. The number of hydrogen-bond donors (Lipinski definition) is 4. The Morgan fingerprint density at radius 2 is 1.67 bits per heavy atom. The second kappa shape index (κ2) is 9.65. The van der Waals surface area contributed by atoms with Crippen LogP contribution >= 0.6 is 0 Å². The van der Waals surface area contributed by atoms with Crippen molar-refractivity contribution in [2.75, 3.05) is 11.9 Å². The number of benzene rings is 1. The monoisotopic (exact) mass is 577 g/mol. The number of carbonyl (C=O) groups is 1. The first-order valence-electron chi connectivity index (χ1n) is 16.6. The number of aryl methyl sites for hydroxylation is 1. The summed E-state index contributed by atoms with van der Waals surface area (Å²) in [6.45, 7) is 16.1. The Kier molecular flexibility index (Phi) is 6.97. The Hall–Kier alpha value is -1.69. The van der Waals surface area contributed by atoms with Crippen molar-refractivity contribution in [1.29, 1.82) is 0 Å². The number of aliphatic hydroxyl groups excluding tert-OH is 3. The van der Waals surface area contributed by atoms with E-state index in [0.717, 1.165) is 62.6 Å². The molecule has 0 heterocycles. The predicted molar refractivity (Wildman–Crippen MR) is 168 cm³/mol. The molecule has 0 saturated heterocycles. The van der Waals surface area contributed by atoms with Gasteiger partial charge < -0.3 is 20.6 Å². The first kappa shape index (κ1) is 30.3. The molecule has 0 radical (unpaired) electrons. The van der Waals surface area contributed by atoms with Crippen LogP contribution in [-0.4, -0.2) is 40.0 Å². The van der Waals surface area contributed by atoms with Gasteiger partial charge in [-0.2, -0.15) is 0 Å². The number of aliphatic hydroxyl groups is 3. The molecule has 232 valence electrons. The van der Waals surface area contributed by atoms with E-state index < -0.39 is 23.0 Å². The van der Waals surface area contributed by atoms with E-state index in [-0.39, 0.29) is 46.0 Å². The van der Waals surface area contributed by atoms with Crippen molar-refractivity contribution in [3.63, 3.8) is 0 Å². The number of rotatable bonds is 3. The van der Waals surface area contributed by atoms with Crippen LogP contribution in [0.4, 0.5) is 5.69 Å². The van der Waals surface area contributed by atoms with E-state index in [1.54, 1.807) is 0 Å². The number of nitrogens with one attached hydrogen (secondary N) is 1. The molecule has 1 amide bonds. The van der Waals surface area contributed by atoms with Crippen molar-refractivity contribution in [3.8, 4) is 0 Å². The van der Waals surface area contributed by atoms with Gasteiger partial charge >= 0.3 is 0 Å². The molecule has 0 bridgehead atoms. The Morgan fingerprint density at radius 3 is 2.36 bits per heavy atom. The van der Waals surface area contributed by atoms with E-state index in [9.17, 15) is 20.1 Å². The lowest BCUT2D eigenvalue weighted by atomic mass is 9.33. The van der Waals surface area contributed by atoms with Crippen LogP contribution in [0.3, 0.4) is 0 Å². The molecule has 3 unspecified atom stereocenters. The summed E-state index contributed by atoms with van der Waals surface area (Å²) in [4.78, 5) is 14.4. The fourth-order valence-electron chi connectivity index (χ4n) is 11.8. The van der Waals surface area contributed by atoms with Gasteiger partial charge in [0.05, 0.1) is 24.2 Å². The topological polar surface area (TPSA) is 89.8 Å². The summed E-state index contributed by atoms with van der Waals surface area (Å²) in [5.74, 6) is 0.911. The Labute approximate surface area is 253 Å². The summed E-state index contributed by atoms with van der Waals surface area (Å²) in [6, 6.07) is 8.17. The van der Waals surface area contributed by atoms with Crippen LogP contribution in [0.1, 0.15) is 105 Å². The number of fused-ring (bicyclic) bond motifs is 7. The molecule has 5 aliphatic carbocycles. The highest BCUT2D eigenvalue weighted by Crippen LogP contribution is 2.75. The predicted octanol–water partition coefficient (Wildman–Crippen LogP) is 7.04. The molecule has 5 heteroatoms. The van der Waals surface area contributed by atoms with Gasteiger partial charge in [0.25, 0.3) is 0 Å². The van der Waals surface area contributed by atoms with Crippen molar-refractivity contribution < 1.29 is 20.1 Å². The zero-order valence-corrected chi connectivity index (χ0v) is 27.1. The summed E-state index contributed by atoms with van der Waals surface area (Å²) in [7, 11) is 0. The second-order valence-electron chi connectivity index (χ2n) is 17.1. The number of amides is 1. The lowest BCUT2D eigenvalue weighted by Gasteiger charge is -2.71. The van der Waals surface area contributed by atoms with E-state index in [0.29, 0.717) is 12.3 Å². The highest BCUT2D eigenvalue weighted by Gasteiger charge is 2.70. The number of hydrogen-bond acceptors (Lipinski definition) is 4. The molecule has 1 aromatic carbocycles. The van der Waals surface area contributed by atoms with E-state index in [1.807, 2.05) is 19.1 Å². The third-order valence-electron chi connectivity index (χ3n) is 14.5. The van der Waals surface area contributed by atoms with Gasteiger partial charge in [0, 0.05) is 11.1 Å². The summed E-state index contributed by atoms with van der Waals surface area (Å²) in [6.07, 6.45) is 9.23. The summed E-state index contributed by atoms with van der Waals surface area (Å²) < 4.78 is 0. The van der Waals surface area contributed by atoms with Crippen LogP contribution in [0, 0.1) is 57.2 Å². The largest absolute Gasteiger partial charge is 0.396 e. The first-order chi connectivity index (χ1) is 19.6. The maximum absolute atomic E-state index is 14.4. The van der Waals surface area contributed by atoms with Gasteiger partial charge in [0.2, 0.25) is 5.91 Å². The van der Waals surface area contributed by atoms with Crippen LogP contribution in [0.5, 0.6) is 0 Å². The van der Waals surface area contributed by atoms with E-state index in [4.69, 9.17) is 0 Å². The van der Waals surface area contributed by atoms with Crippen molar-refractivity contribution >= 4 is 11.6 Å². The molecule has 5 aliphatic rings. The molecule has 0 aliphatic heterocycles. The SMILES string of the molecule is Cc1cccc(NC(=O)[C@]23CCC(C)(C)CC2C2=CCC4[C@@]5(C)C[C@@H](O)[C@H](O)[C@@](C)(CO)C5CC[C@@]4(C)[C@]2(C)CC3)c1. The number of carbonyl (C=O) groups excluding carboxylic acids is 1. The highest BCUT2D eigenvalue weighted by atomic mass is 16.3. The minimum atomic E-state index is -0.901. The second-order valence-corrected chi connectivity index (χ2v) is 17.1. The quantitative estimate of drug-likeness (QED) is 0.290. The molecule has 6 rings (SSSR count). The average Bonchev–Trinajstić information content (AvgIpc) is 2.91. The maximum atomic E-state index is 14.4. The molecular weight excluding hydrogens is 522 g/mol. The molecule has 1 aromatic rings. The van der Waals surface area contributed by atoms with Crippen molar-refractivity contribution in [3.05, 3.63) is 41.5 Å². The Morgan fingerprint density at radius 1 is 0.952 bits per heavy atom. The minimum Gasteiger partial charge on any atom is -0.396 e. The molecule has 4 N–H and O–H groups in total. The zero-order valence-electron chi connectivity index (χ0n) is 27.1. The van der Waals surface area contributed by atoms with Crippen LogP contribution in [0.15, 0.2) is 35.9 Å². The van der Waals surface area contributed by atoms with Gasteiger partial charge in [-0.05, 0) is 122 Å². The molecule has 4 saturated carbocycles. The third kappa shape index (κ3) is 4.01. The summed E-state index contributed by atoms with van der Waals surface area (Å²) in [5, 5.41) is 36.1. The van der Waals surface area contributed by atoms with Crippen LogP contribution < -0.4 is 5.32 Å². The van der Waals surface area contributed by atoms with Crippen LogP contribution in [0.2, 0.25) is 0 Å². The molecule has 42 heavy (non-hydrogen) atoms. The highest BCUT2D eigenvalue weighted by molar-refractivity contribution is 5.96. The van der Waals surface area contributed by atoms with Gasteiger partial charge in [-0.3, -0.25) is 4.79 Å². The van der Waals surface area contributed by atoms with Crippen molar-refractivity contribution in [1.82, 2.24) is 0 Å². The van der Waals surface area contributed by atoms with Gasteiger partial charge in [-0.15, -0.1) is 0 Å². The Balaban J connectivity index is 1.41. The Bertz CT molecular complexity index is 1290. The van der Waals surface area contributed by atoms with Gasteiger partial charge in [-0.1, -0.05) is 65.3 Å². The standard InChI is InChI=1S/C37H55NO4/c1-23-9-8-10-24(19-23)38-31(42)37-17-15-32(2,3)20-26(37)25-11-12-29-33(4)21-27(40)30(41)34(5,22-39)28(33)13-14-36(29,7)35(25,6)16-18-37/h8-11,19,26-30,39-41H,12-18,20-22H2,1-7H3,(H,38,42)/t26?,27-,28?,29?,30+,33+,34+,35-,36-,37+/m1/s1. The first-order valence-corrected chi connectivity index (χ1v) is 16.6. The minimum absolute atomic E-state index is 0.0154. The summed E-state index contributed by atoms with van der Waals surface area (Å²) >= 11 is 0. The lowest BCUT2D eigenvalue weighted by Crippen LogP contribution is -2.68. The van der Waals surface area contributed by atoms with E-state index in [1.165, 1.54) is 5.57 Å². The zero-order chi connectivity index (χ0) is 30.5. The third-order valence-corrected chi connectivity index (χ3v) is 14.5. The summed E-state index contributed by atoms with van der Waals surface area (Å²) in [5.41, 5.74) is 2.44. The molecule has 0 aromatic heterocycles. The molecule has 5 nitrogen and oxygen atoms in total. The fourth-order valence-corrected chi connectivity index (χ4v) is 11.8. The van der Waals surface area contributed by atoms with Crippen molar-refractivity contribution in [2.24, 2.45) is 50.2 Å². The van der Waals surface area contributed by atoms with Crippen LogP contribution in [-0.2, 0) is 4.79 Å². The number of allylic oxidation sites excluding steroid dienone is 2. The molecular formula is C37H55NO4. The van der Waals surface area contributed by atoms with Crippen LogP contribution in [0.25, 0.3) is 0 Å². The van der Waals surface area contributed by atoms with Gasteiger partial charge in [-0.25, -0.2) is 0 Å². The molecule has 10 atom stereocenters. The van der Waals surface area contributed by atoms with Crippen molar-refractivity contribution in [2.45, 2.75) is 118 Å². The molecule has 4 fully saturated rings. The average molecular weight is 578 g/mol. The van der Waals surface area contributed by atoms with Gasteiger partial charge in [0.1, 0.15) is 0 Å². The smallest absolute Gasteiger partial charge is 0.231 e. The van der Waals surface area contributed by atoms with E-state index in [2.05, 4.69) is 65.1 Å². The fraction of sp³-hybridized carbons (Fsp3) is 0.757. The van der Waals surface area contributed by atoms with Gasteiger partial charge in [0.15, 0.2) is 0 Å². The van der Waals surface area contributed by atoms with E-state index >= 15 is 0 Å². The maximum Gasteiger partial charge on any atom is 0.231 e.